The number of amides is 2. The van der Waals surface area contributed by atoms with Crippen molar-refractivity contribution in [1.29, 1.82) is 0 Å². The molecule has 1 aromatic carbocycles. The average molecular weight is 337 g/mol. The Morgan fingerprint density at radius 2 is 1.74 bits per heavy atom. The maximum Gasteiger partial charge on any atom is 0.321 e. The molecular formula is C16H23N3O3S. The number of carbonyl (C=O) groups excluding carboxylic acids is 1. The fourth-order valence-electron chi connectivity index (χ4n) is 3.19. The van der Waals surface area contributed by atoms with Crippen molar-refractivity contribution >= 4 is 16.1 Å². The Bertz CT molecular complexity index is 656. The van der Waals surface area contributed by atoms with Gasteiger partial charge in [0.25, 0.3) is 0 Å². The van der Waals surface area contributed by atoms with Crippen molar-refractivity contribution < 1.29 is 13.2 Å². The second-order valence-corrected chi connectivity index (χ2v) is 8.18. The SMILES string of the molecule is CC1CN(S(=O)(=O)c2ccccc2)CN1C(=O)N1CCCCC1. The molecule has 7 heteroatoms. The van der Waals surface area contributed by atoms with Gasteiger partial charge < -0.3 is 9.80 Å². The van der Waals surface area contributed by atoms with Gasteiger partial charge in [-0.1, -0.05) is 18.2 Å². The highest BCUT2D eigenvalue weighted by atomic mass is 32.2. The summed E-state index contributed by atoms with van der Waals surface area (Å²) in [6, 6.07) is 8.25. The van der Waals surface area contributed by atoms with E-state index in [1.807, 2.05) is 11.8 Å². The van der Waals surface area contributed by atoms with Crippen LogP contribution in [0.5, 0.6) is 0 Å². The third-order valence-electron chi connectivity index (χ3n) is 4.56. The molecule has 2 heterocycles. The first-order chi connectivity index (χ1) is 11.0. The number of rotatable bonds is 2. The highest BCUT2D eigenvalue weighted by molar-refractivity contribution is 7.89. The van der Waals surface area contributed by atoms with Gasteiger partial charge >= 0.3 is 6.03 Å². The Balaban J connectivity index is 1.74. The lowest BCUT2D eigenvalue weighted by Gasteiger charge is -2.32. The standard InChI is InChI=1S/C16H23N3O3S/c1-14-12-18(23(21,22)15-8-4-2-5-9-15)13-19(14)16(20)17-10-6-3-7-11-17/h2,4-5,8-9,14H,3,6-7,10-13H2,1H3. The van der Waals surface area contributed by atoms with Crippen LogP contribution in [0.4, 0.5) is 4.79 Å². The van der Waals surface area contributed by atoms with Crippen LogP contribution in [-0.2, 0) is 10.0 Å². The molecule has 0 aromatic heterocycles. The molecule has 2 amide bonds. The van der Waals surface area contributed by atoms with E-state index in [0.29, 0.717) is 6.54 Å². The predicted octanol–water partition coefficient (Wildman–Crippen LogP) is 1.94. The Morgan fingerprint density at radius 3 is 2.39 bits per heavy atom. The summed E-state index contributed by atoms with van der Waals surface area (Å²) >= 11 is 0. The van der Waals surface area contributed by atoms with E-state index >= 15 is 0 Å². The smallest absolute Gasteiger partial charge is 0.321 e. The molecule has 2 fully saturated rings. The molecule has 0 N–H and O–H groups in total. The molecule has 0 spiro atoms. The fraction of sp³-hybridized carbons (Fsp3) is 0.562. The van der Waals surface area contributed by atoms with Crippen LogP contribution in [0.3, 0.4) is 0 Å². The summed E-state index contributed by atoms with van der Waals surface area (Å²) in [6.45, 7) is 3.92. The molecule has 1 atom stereocenters. The maximum absolute atomic E-state index is 12.7. The molecule has 2 aliphatic heterocycles. The molecule has 6 nitrogen and oxygen atoms in total. The van der Waals surface area contributed by atoms with Gasteiger partial charge in [0.05, 0.1) is 11.6 Å². The Labute approximate surface area is 137 Å². The van der Waals surface area contributed by atoms with Gasteiger partial charge in [-0.25, -0.2) is 13.2 Å². The zero-order valence-electron chi connectivity index (χ0n) is 13.4. The molecule has 2 aliphatic rings. The van der Waals surface area contributed by atoms with Crippen LogP contribution in [0.15, 0.2) is 35.2 Å². The summed E-state index contributed by atoms with van der Waals surface area (Å²) in [5, 5.41) is 0. The monoisotopic (exact) mass is 337 g/mol. The summed E-state index contributed by atoms with van der Waals surface area (Å²) in [5.74, 6) is 0. The van der Waals surface area contributed by atoms with E-state index in [0.717, 1.165) is 32.4 Å². The van der Waals surface area contributed by atoms with Gasteiger partial charge in [0.1, 0.15) is 0 Å². The summed E-state index contributed by atoms with van der Waals surface area (Å²) in [5.41, 5.74) is 0. The van der Waals surface area contributed by atoms with E-state index in [9.17, 15) is 13.2 Å². The number of hydrogen-bond donors (Lipinski definition) is 0. The molecule has 0 bridgehead atoms. The van der Waals surface area contributed by atoms with Crippen LogP contribution in [0.2, 0.25) is 0 Å². The number of benzene rings is 1. The highest BCUT2D eigenvalue weighted by Crippen LogP contribution is 2.24. The molecular weight excluding hydrogens is 314 g/mol. The van der Waals surface area contributed by atoms with Gasteiger partial charge in [-0.2, -0.15) is 4.31 Å². The van der Waals surface area contributed by atoms with Gasteiger partial charge in [0.2, 0.25) is 10.0 Å². The normalized spacial score (nSPS) is 23.3. The van der Waals surface area contributed by atoms with Gasteiger partial charge in [-0.3, -0.25) is 0 Å². The molecule has 0 saturated carbocycles. The number of sulfonamides is 1. The first kappa shape index (κ1) is 16.3. The number of carbonyl (C=O) groups is 1. The number of urea groups is 1. The van der Waals surface area contributed by atoms with Crippen LogP contribution in [0, 0.1) is 0 Å². The summed E-state index contributed by atoms with van der Waals surface area (Å²) in [6.07, 6.45) is 3.22. The minimum absolute atomic E-state index is 0.0389. The van der Waals surface area contributed by atoms with E-state index in [-0.39, 0.29) is 23.6 Å². The zero-order chi connectivity index (χ0) is 16.4. The van der Waals surface area contributed by atoms with Crippen molar-refractivity contribution in [2.24, 2.45) is 0 Å². The molecule has 2 saturated heterocycles. The third kappa shape index (κ3) is 3.21. The van der Waals surface area contributed by atoms with Crippen molar-refractivity contribution in [1.82, 2.24) is 14.1 Å². The quantitative estimate of drug-likeness (QED) is 0.829. The molecule has 126 valence electrons. The second-order valence-electron chi connectivity index (χ2n) is 6.24. The molecule has 23 heavy (non-hydrogen) atoms. The first-order valence-electron chi connectivity index (χ1n) is 8.11. The van der Waals surface area contributed by atoms with Crippen LogP contribution >= 0.6 is 0 Å². The minimum atomic E-state index is -3.55. The lowest BCUT2D eigenvalue weighted by atomic mass is 10.1. The van der Waals surface area contributed by atoms with Gasteiger partial charge in [0, 0.05) is 25.7 Å². The number of hydrogen-bond acceptors (Lipinski definition) is 3. The molecule has 1 unspecified atom stereocenters. The topological polar surface area (TPSA) is 60.9 Å². The van der Waals surface area contributed by atoms with Gasteiger partial charge in [0.15, 0.2) is 0 Å². The summed E-state index contributed by atoms with van der Waals surface area (Å²) < 4.78 is 26.8. The first-order valence-corrected chi connectivity index (χ1v) is 9.55. The van der Waals surface area contributed by atoms with E-state index in [4.69, 9.17) is 0 Å². The predicted molar refractivity (Wildman–Crippen MR) is 87.3 cm³/mol. The maximum atomic E-state index is 12.7. The minimum Gasteiger partial charge on any atom is -0.325 e. The van der Waals surface area contributed by atoms with Gasteiger partial charge in [-0.05, 0) is 38.3 Å². The lowest BCUT2D eigenvalue weighted by molar-refractivity contribution is 0.140. The van der Waals surface area contributed by atoms with E-state index in [1.165, 1.54) is 4.31 Å². The van der Waals surface area contributed by atoms with Crippen LogP contribution in [0.1, 0.15) is 26.2 Å². The summed E-state index contributed by atoms with van der Waals surface area (Å²) in [7, 11) is -3.55. The largest absolute Gasteiger partial charge is 0.325 e. The second kappa shape index (κ2) is 6.49. The average Bonchev–Trinajstić information content (AvgIpc) is 2.98. The molecule has 0 aliphatic carbocycles. The van der Waals surface area contributed by atoms with Crippen LogP contribution < -0.4 is 0 Å². The van der Waals surface area contributed by atoms with Gasteiger partial charge in [-0.15, -0.1) is 0 Å². The number of piperidine rings is 1. The Morgan fingerprint density at radius 1 is 1.09 bits per heavy atom. The molecule has 0 radical (unpaired) electrons. The lowest BCUT2D eigenvalue weighted by Crippen LogP contribution is -2.47. The Kier molecular flexibility index (Phi) is 4.59. The Hall–Kier alpha value is -1.60. The van der Waals surface area contributed by atoms with Crippen molar-refractivity contribution in [3.05, 3.63) is 30.3 Å². The van der Waals surface area contributed by atoms with Crippen LogP contribution in [-0.4, -0.2) is 60.9 Å². The summed E-state index contributed by atoms with van der Waals surface area (Å²) in [4.78, 5) is 16.4. The number of likely N-dealkylation sites (tertiary alicyclic amines) is 1. The number of nitrogens with zero attached hydrogens (tertiary/aromatic N) is 3. The van der Waals surface area contributed by atoms with E-state index < -0.39 is 10.0 Å². The van der Waals surface area contributed by atoms with Crippen molar-refractivity contribution in [2.75, 3.05) is 26.3 Å². The van der Waals surface area contributed by atoms with Crippen molar-refractivity contribution in [3.63, 3.8) is 0 Å². The molecule has 1 aromatic rings. The van der Waals surface area contributed by atoms with E-state index in [2.05, 4.69) is 0 Å². The fourth-order valence-corrected chi connectivity index (χ4v) is 4.68. The van der Waals surface area contributed by atoms with Crippen molar-refractivity contribution in [3.8, 4) is 0 Å². The molecule has 3 rings (SSSR count). The zero-order valence-corrected chi connectivity index (χ0v) is 14.2. The highest BCUT2D eigenvalue weighted by Gasteiger charge is 2.39. The van der Waals surface area contributed by atoms with Crippen LogP contribution in [0.25, 0.3) is 0 Å². The van der Waals surface area contributed by atoms with E-state index in [1.54, 1.807) is 35.2 Å². The third-order valence-corrected chi connectivity index (χ3v) is 6.38. The van der Waals surface area contributed by atoms with Crippen molar-refractivity contribution in [2.45, 2.75) is 37.1 Å².